The van der Waals surface area contributed by atoms with E-state index in [1.54, 1.807) is 13.8 Å². The summed E-state index contributed by atoms with van der Waals surface area (Å²) in [5.74, 6) is -3.20. The number of nitrogens with zero attached hydrogens (tertiary/aromatic N) is 2. The van der Waals surface area contributed by atoms with E-state index in [-0.39, 0.29) is 40.8 Å². The van der Waals surface area contributed by atoms with Crippen LogP contribution in [-0.2, 0) is 19.1 Å². The fourth-order valence-corrected chi connectivity index (χ4v) is 4.95. The van der Waals surface area contributed by atoms with Gasteiger partial charge in [0.15, 0.2) is 12.4 Å². The second kappa shape index (κ2) is 7.72. The van der Waals surface area contributed by atoms with Gasteiger partial charge in [-0.05, 0) is 36.3 Å². The smallest absolute Gasteiger partial charge is 0.330 e. The van der Waals surface area contributed by atoms with Gasteiger partial charge in [0.05, 0.1) is 16.8 Å². The Morgan fingerprint density at radius 2 is 1.65 bits per heavy atom. The first-order valence-corrected chi connectivity index (χ1v) is 10.2. The molecular weight excluding hydrogens is 404 g/mol. The summed E-state index contributed by atoms with van der Waals surface area (Å²) in [6, 6.07) is 3.84. The molecule has 0 aromatic heterocycles. The van der Waals surface area contributed by atoms with Gasteiger partial charge in [-0.15, -0.1) is 0 Å². The summed E-state index contributed by atoms with van der Waals surface area (Å²) in [5, 5.41) is 10.7. The Bertz CT molecular complexity index is 968. The molecule has 2 aliphatic carbocycles. The minimum atomic E-state index is -1.10. The number of fused-ring (bicyclic) bond motifs is 5. The molecule has 1 heterocycles. The molecule has 3 aliphatic rings. The predicted molar refractivity (Wildman–Crippen MR) is 107 cm³/mol. The van der Waals surface area contributed by atoms with Crippen LogP contribution in [0.15, 0.2) is 36.4 Å². The molecule has 1 aromatic rings. The number of likely N-dealkylation sites (tertiary alicyclic amines) is 1. The summed E-state index contributed by atoms with van der Waals surface area (Å²) in [7, 11) is 0. The molecule has 0 radical (unpaired) electrons. The lowest BCUT2D eigenvalue weighted by Crippen LogP contribution is -2.50. The van der Waals surface area contributed by atoms with Crippen LogP contribution in [0.25, 0.3) is 0 Å². The van der Waals surface area contributed by atoms with Gasteiger partial charge in [-0.2, -0.15) is 0 Å². The number of rotatable bonds is 7. The van der Waals surface area contributed by atoms with Crippen LogP contribution in [0.3, 0.4) is 0 Å². The molecule has 9 nitrogen and oxygen atoms in total. The SMILES string of the molecule is CC(C)[C@@H](C(=O)OCC(=O)c1ccc([N+](=O)[O-])cc1)N1C(=O)[C@@H]2[C@@H](C1=O)[C@H]1C=C[C@H]2C1. The molecule has 1 aromatic carbocycles. The Balaban J connectivity index is 1.45. The molecule has 9 heteroatoms. The van der Waals surface area contributed by atoms with E-state index in [4.69, 9.17) is 4.74 Å². The van der Waals surface area contributed by atoms with Crippen molar-refractivity contribution in [1.29, 1.82) is 0 Å². The van der Waals surface area contributed by atoms with Crippen LogP contribution in [-0.4, -0.2) is 46.0 Å². The summed E-state index contributed by atoms with van der Waals surface area (Å²) in [6.45, 7) is 2.84. The third-order valence-corrected chi connectivity index (χ3v) is 6.40. The van der Waals surface area contributed by atoms with Crippen LogP contribution in [0.1, 0.15) is 30.6 Å². The average molecular weight is 426 g/mol. The first kappa shape index (κ1) is 20.9. The van der Waals surface area contributed by atoms with Crippen LogP contribution in [0, 0.1) is 39.7 Å². The molecule has 1 saturated carbocycles. The van der Waals surface area contributed by atoms with Gasteiger partial charge < -0.3 is 4.74 Å². The number of ketones is 1. The van der Waals surface area contributed by atoms with E-state index in [0.717, 1.165) is 11.3 Å². The van der Waals surface area contributed by atoms with Gasteiger partial charge in [-0.3, -0.25) is 29.4 Å². The summed E-state index contributed by atoms with van der Waals surface area (Å²) in [6.07, 6.45) is 4.75. The number of hydrogen-bond donors (Lipinski definition) is 0. The molecule has 2 amide bonds. The van der Waals surface area contributed by atoms with Crippen molar-refractivity contribution < 1.29 is 28.8 Å². The minimum Gasteiger partial charge on any atom is -0.456 e. The van der Waals surface area contributed by atoms with Crippen LogP contribution in [0.4, 0.5) is 5.69 Å². The normalized spacial score (nSPS) is 27.0. The molecule has 2 fully saturated rings. The van der Waals surface area contributed by atoms with E-state index >= 15 is 0 Å². The molecule has 1 saturated heterocycles. The van der Waals surface area contributed by atoms with Crippen molar-refractivity contribution in [2.75, 3.05) is 6.61 Å². The Labute approximate surface area is 178 Å². The van der Waals surface area contributed by atoms with E-state index in [9.17, 15) is 29.3 Å². The van der Waals surface area contributed by atoms with Crippen LogP contribution >= 0.6 is 0 Å². The highest BCUT2D eigenvalue weighted by atomic mass is 16.6. The van der Waals surface area contributed by atoms with E-state index < -0.39 is 41.2 Å². The van der Waals surface area contributed by atoms with Crippen molar-refractivity contribution >= 4 is 29.3 Å². The Hall–Kier alpha value is -3.36. The largest absolute Gasteiger partial charge is 0.456 e. The fraction of sp³-hybridized carbons (Fsp3) is 0.455. The lowest BCUT2D eigenvalue weighted by atomic mass is 9.85. The third kappa shape index (κ3) is 3.43. The number of imide groups is 1. The number of non-ortho nitro benzene ring substituents is 1. The van der Waals surface area contributed by atoms with E-state index in [2.05, 4.69) is 0 Å². The predicted octanol–water partition coefficient (Wildman–Crippen LogP) is 2.15. The number of benzene rings is 1. The molecule has 0 spiro atoms. The maximum absolute atomic E-state index is 13.0. The molecule has 5 atom stereocenters. The molecule has 0 N–H and O–H groups in total. The number of ether oxygens (including phenoxy) is 1. The Kier molecular flexibility index (Phi) is 5.20. The summed E-state index contributed by atoms with van der Waals surface area (Å²) in [4.78, 5) is 62.4. The number of nitro benzene ring substituents is 1. The van der Waals surface area contributed by atoms with Crippen molar-refractivity contribution in [3.63, 3.8) is 0 Å². The van der Waals surface area contributed by atoms with Crippen LogP contribution in [0.2, 0.25) is 0 Å². The van der Waals surface area contributed by atoms with Gasteiger partial charge in [-0.25, -0.2) is 4.79 Å². The number of nitro groups is 1. The van der Waals surface area contributed by atoms with Crippen molar-refractivity contribution in [3.8, 4) is 0 Å². The number of Topliss-reactive ketones (excluding diaryl/α,β-unsaturated/α-hetero) is 1. The van der Waals surface area contributed by atoms with Gasteiger partial charge in [-0.1, -0.05) is 26.0 Å². The highest BCUT2D eigenvalue weighted by Gasteiger charge is 2.61. The zero-order chi connectivity index (χ0) is 22.4. The number of carbonyl (C=O) groups is 4. The average Bonchev–Trinajstić information content (AvgIpc) is 3.42. The van der Waals surface area contributed by atoms with Crippen molar-refractivity contribution in [1.82, 2.24) is 4.90 Å². The summed E-state index contributed by atoms with van der Waals surface area (Å²) < 4.78 is 5.18. The molecule has 0 unspecified atom stereocenters. The third-order valence-electron chi connectivity index (χ3n) is 6.40. The summed E-state index contributed by atoms with van der Waals surface area (Å²) >= 11 is 0. The van der Waals surface area contributed by atoms with E-state index in [1.165, 1.54) is 24.3 Å². The monoisotopic (exact) mass is 426 g/mol. The van der Waals surface area contributed by atoms with Gasteiger partial charge in [0, 0.05) is 17.7 Å². The topological polar surface area (TPSA) is 124 Å². The zero-order valence-electron chi connectivity index (χ0n) is 17.1. The lowest BCUT2D eigenvalue weighted by Gasteiger charge is -2.28. The number of esters is 1. The first-order chi connectivity index (χ1) is 14.7. The Morgan fingerprint density at radius 1 is 1.10 bits per heavy atom. The van der Waals surface area contributed by atoms with E-state index in [0.29, 0.717) is 0 Å². The fourth-order valence-electron chi connectivity index (χ4n) is 4.95. The molecule has 4 rings (SSSR count). The van der Waals surface area contributed by atoms with Gasteiger partial charge in [0.1, 0.15) is 6.04 Å². The van der Waals surface area contributed by atoms with Crippen molar-refractivity contribution in [2.45, 2.75) is 26.3 Å². The molecule has 31 heavy (non-hydrogen) atoms. The summed E-state index contributed by atoms with van der Waals surface area (Å²) in [5.41, 5.74) is -0.00140. The van der Waals surface area contributed by atoms with Gasteiger partial charge in [0.25, 0.3) is 5.69 Å². The molecular formula is C22H22N2O7. The molecule has 2 bridgehead atoms. The number of allylic oxidation sites excluding steroid dienone is 2. The maximum atomic E-state index is 13.0. The molecule has 162 valence electrons. The van der Waals surface area contributed by atoms with Gasteiger partial charge >= 0.3 is 5.97 Å². The number of hydrogen-bond acceptors (Lipinski definition) is 7. The second-order valence-electron chi connectivity index (χ2n) is 8.57. The minimum absolute atomic E-state index is 0.0315. The zero-order valence-corrected chi connectivity index (χ0v) is 17.1. The number of carbonyl (C=O) groups excluding carboxylic acids is 4. The van der Waals surface area contributed by atoms with Crippen molar-refractivity contribution in [2.24, 2.45) is 29.6 Å². The Morgan fingerprint density at radius 3 is 2.13 bits per heavy atom. The standard InChI is InChI=1S/C22H22N2O7/c1-11(2)19(23-20(26)17-13-3-4-14(9-13)18(17)21(23)27)22(28)31-10-16(25)12-5-7-15(8-6-12)24(29)30/h3-8,11,13-14,17-19H,9-10H2,1-2H3/t13-,14-,17-,18-,19-/m0/s1. The second-order valence-corrected chi connectivity index (χ2v) is 8.57. The van der Waals surface area contributed by atoms with Crippen molar-refractivity contribution in [3.05, 3.63) is 52.1 Å². The highest BCUT2D eigenvalue weighted by Crippen LogP contribution is 2.53. The maximum Gasteiger partial charge on any atom is 0.330 e. The number of amides is 2. The lowest BCUT2D eigenvalue weighted by molar-refractivity contribution is -0.384. The molecule has 1 aliphatic heterocycles. The first-order valence-electron chi connectivity index (χ1n) is 10.2. The van der Waals surface area contributed by atoms with Crippen LogP contribution in [0.5, 0.6) is 0 Å². The quantitative estimate of drug-likeness (QED) is 0.163. The van der Waals surface area contributed by atoms with E-state index in [1.807, 2.05) is 12.2 Å². The van der Waals surface area contributed by atoms with Crippen LogP contribution < -0.4 is 0 Å². The van der Waals surface area contributed by atoms with Gasteiger partial charge in [0.2, 0.25) is 11.8 Å². The highest BCUT2D eigenvalue weighted by molar-refractivity contribution is 6.09.